The molecule has 2 aromatic carbocycles. The van der Waals surface area contributed by atoms with E-state index in [0.29, 0.717) is 0 Å². The molecule has 124 valence electrons. The molecule has 0 fully saturated rings. The minimum atomic E-state index is -3.16. The van der Waals surface area contributed by atoms with Crippen molar-refractivity contribution < 1.29 is 12.8 Å². The summed E-state index contributed by atoms with van der Waals surface area (Å²) in [5, 5.41) is 0. The maximum atomic E-state index is 12.9. The van der Waals surface area contributed by atoms with Crippen molar-refractivity contribution in [2.45, 2.75) is 44.1 Å². The van der Waals surface area contributed by atoms with Crippen LogP contribution in [0.4, 0.5) is 4.39 Å². The Bertz CT molecular complexity index is 739. The summed E-state index contributed by atoms with van der Waals surface area (Å²) >= 11 is 0. The summed E-state index contributed by atoms with van der Waals surface area (Å²) in [7, 11) is -3.16. The average molecular weight is 334 g/mol. The predicted octanol–water partition coefficient (Wildman–Crippen LogP) is 4.32. The Morgan fingerprint density at radius 1 is 0.783 bits per heavy atom. The van der Waals surface area contributed by atoms with Gasteiger partial charge in [0.2, 0.25) is 0 Å². The first-order valence-corrected chi connectivity index (χ1v) is 9.37. The molecule has 0 atom stereocenters. The highest BCUT2D eigenvalue weighted by Gasteiger charge is 2.28. The van der Waals surface area contributed by atoms with Crippen LogP contribution in [0.5, 0.6) is 0 Å². The lowest BCUT2D eigenvalue weighted by atomic mass is 10.0. The molecule has 23 heavy (non-hydrogen) atoms. The molecule has 0 amide bonds. The van der Waals surface area contributed by atoms with E-state index in [-0.39, 0.29) is 11.6 Å². The molecule has 2 rings (SSSR count). The lowest BCUT2D eigenvalue weighted by molar-refractivity contribution is 0.559. The van der Waals surface area contributed by atoms with Crippen LogP contribution in [0.2, 0.25) is 0 Å². The van der Waals surface area contributed by atoms with E-state index in [1.165, 1.54) is 12.1 Å². The van der Waals surface area contributed by atoms with Gasteiger partial charge in [-0.05, 0) is 62.4 Å². The number of halogens is 1. The fraction of sp³-hybridized carbons (Fsp3) is 0.368. The highest BCUT2D eigenvalue weighted by atomic mass is 32.2. The summed E-state index contributed by atoms with van der Waals surface area (Å²) in [6, 6.07) is 14.2. The third-order valence-electron chi connectivity index (χ3n) is 3.93. The van der Waals surface area contributed by atoms with Crippen molar-refractivity contribution in [1.82, 2.24) is 0 Å². The Hall–Kier alpha value is -1.68. The first-order chi connectivity index (χ1) is 10.7. The van der Waals surface area contributed by atoms with E-state index < -0.39 is 14.6 Å². The lowest BCUT2D eigenvalue weighted by Gasteiger charge is -2.19. The fourth-order valence-corrected chi connectivity index (χ4v) is 3.24. The maximum Gasteiger partial charge on any atom is 0.159 e. The van der Waals surface area contributed by atoms with Crippen molar-refractivity contribution >= 4 is 9.84 Å². The molecule has 0 spiro atoms. The van der Waals surface area contributed by atoms with Crippen molar-refractivity contribution in [3.8, 4) is 0 Å². The second-order valence-corrected chi connectivity index (χ2v) is 9.56. The van der Waals surface area contributed by atoms with Crippen LogP contribution >= 0.6 is 0 Å². The molecule has 0 heterocycles. The Kier molecular flexibility index (Phi) is 5.25. The van der Waals surface area contributed by atoms with Crippen LogP contribution in [0.1, 0.15) is 37.5 Å². The standard InChI is InChI=1S/C19H23FO2S/c1-19(2,3)23(21,22)14-17-8-6-15(7-9-17)4-5-16-10-12-18(20)13-11-16/h6-13H,4-5,14H2,1-3H3. The Balaban J connectivity index is 1.98. The van der Waals surface area contributed by atoms with Crippen LogP contribution in [0.3, 0.4) is 0 Å². The Morgan fingerprint density at radius 3 is 1.61 bits per heavy atom. The van der Waals surface area contributed by atoms with Gasteiger partial charge in [0.05, 0.1) is 10.5 Å². The number of hydrogen-bond donors (Lipinski definition) is 0. The van der Waals surface area contributed by atoms with E-state index in [0.717, 1.165) is 29.5 Å². The lowest BCUT2D eigenvalue weighted by Crippen LogP contribution is -2.29. The highest BCUT2D eigenvalue weighted by molar-refractivity contribution is 7.91. The van der Waals surface area contributed by atoms with E-state index in [9.17, 15) is 12.8 Å². The van der Waals surface area contributed by atoms with Crippen molar-refractivity contribution in [3.05, 3.63) is 71.0 Å². The summed E-state index contributed by atoms with van der Waals surface area (Å²) in [4.78, 5) is 0. The molecule has 4 heteroatoms. The van der Waals surface area contributed by atoms with Gasteiger partial charge in [-0.2, -0.15) is 0 Å². The topological polar surface area (TPSA) is 34.1 Å². The number of benzene rings is 2. The predicted molar refractivity (Wildman–Crippen MR) is 92.6 cm³/mol. The van der Waals surface area contributed by atoms with Gasteiger partial charge in [-0.1, -0.05) is 36.4 Å². The van der Waals surface area contributed by atoms with Gasteiger partial charge >= 0.3 is 0 Å². The Morgan fingerprint density at radius 2 is 1.17 bits per heavy atom. The minimum Gasteiger partial charge on any atom is -0.228 e. The van der Waals surface area contributed by atoms with Crippen LogP contribution < -0.4 is 0 Å². The fourth-order valence-electron chi connectivity index (χ4n) is 2.18. The molecule has 0 saturated carbocycles. The molecule has 0 bridgehead atoms. The summed E-state index contributed by atoms with van der Waals surface area (Å²) in [6.07, 6.45) is 1.68. The molecule has 0 aliphatic carbocycles. The third-order valence-corrected chi connectivity index (χ3v) is 6.51. The zero-order chi connectivity index (χ0) is 17.1. The summed E-state index contributed by atoms with van der Waals surface area (Å²) in [6.45, 7) is 5.16. The first kappa shape index (κ1) is 17.7. The second kappa shape index (κ2) is 6.83. The van der Waals surface area contributed by atoms with Crippen LogP contribution in [0.15, 0.2) is 48.5 Å². The van der Waals surface area contributed by atoms with Crippen LogP contribution in [0, 0.1) is 5.82 Å². The number of aryl methyl sites for hydroxylation is 2. The SMILES string of the molecule is CC(C)(C)S(=O)(=O)Cc1ccc(CCc2ccc(F)cc2)cc1. The van der Waals surface area contributed by atoms with E-state index in [4.69, 9.17) is 0 Å². The van der Waals surface area contributed by atoms with Crippen molar-refractivity contribution in [1.29, 1.82) is 0 Å². The molecule has 2 nitrogen and oxygen atoms in total. The molecule has 2 aromatic rings. The zero-order valence-electron chi connectivity index (χ0n) is 13.8. The van der Waals surface area contributed by atoms with Gasteiger partial charge < -0.3 is 0 Å². The number of sulfone groups is 1. The van der Waals surface area contributed by atoms with Gasteiger partial charge in [0.25, 0.3) is 0 Å². The van der Waals surface area contributed by atoms with Gasteiger partial charge in [0, 0.05) is 0 Å². The summed E-state index contributed by atoms with van der Waals surface area (Å²) < 4.78 is 36.6. The largest absolute Gasteiger partial charge is 0.228 e. The minimum absolute atomic E-state index is 0.0642. The summed E-state index contributed by atoms with van der Waals surface area (Å²) in [5.41, 5.74) is 3.04. The van der Waals surface area contributed by atoms with Gasteiger partial charge in [0.1, 0.15) is 5.82 Å². The first-order valence-electron chi connectivity index (χ1n) is 7.72. The molecule has 0 unspecified atom stereocenters. The molecule has 0 aliphatic heterocycles. The molecule has 0 aliphatic rings. The average Bonchev–Trinajstić information content (AvgIpc) is 2.47. The molecular weight excluding hydrogens is 311 g/mol. The van der Waals surface area contributed by atoms with Gasteiger partial charge in [-0.15, -0.1) is 0 Å². The van der Waals surface area contributed by atoms with Crippen molar-refractivity contribution in [2.24, 2.45) is 0 Å². The van der Waals surface area contributed by atoms with Gasteiger partial charge in [0.15, 0.2) is 9.84 Å². The number of rotatable bonds is 5. The molecule has 0 N–H and O–H groups in total. The van der Waals surface area contributed by atoms with Gasteiger partial charge in [-0.25, -0.2) is 12.8 Å². The van der Waals surface area contributed by atoms with E-state index >= 15 is 0 Å². The molecule has 0 aromatic heterocycles. The molecule has 0 saturated heterocycles. The zero-order valence-corrected chi connectivity index (χ0v) is 14.7. The van der Waals surface area contributed by atoms with Crippen LogP contribution in [-0.2, 0) is 28.4 Å². The second-order valence-electron chi connectivity index (χ2n) is 6.81. The Labute approximate surface area is 138 Å². The highest BCUT2D eigenvalue weighted by Crippen LogP contribution is 2.21. The smallest absolute Gasteiger partial charge is 0.159 e. The quantitative estimate of drug-likeness (QED) is 0.816. The molecule has 0 radical (unpaired) electrons. The molecular formula is C19H23FO2S. The van der Waals surface area contributed by atoms with Crippen LogP contribution in [-0.4, -0.2) is 13.2 Å². The number of hydrogen-bond acceptors (Lipinski definition) is 2. The van der Waals surface area contributed by atoms with Crippen molar-refractivity contribution in [2.75, 3.05) is 0 Å². The van der Waals surface area contributed by atoms with Crippen molar-refractivity contribution in [3.63, 3.8) is 0 Å². The monoisotopic (exact) mass is 334 g/mol. The normalized spacial score (nSPS) is 12.3. The summed E-state index contributed by atoms with van der Waals surface area (Å²) in [5.74, 6) is -0.160. The van der Waals surface area contributed by atoms with Crippen LogP contribution in [0.25, 0.3) is 0 Å². The maximum absolute atomic E-state index is 12.9. The third kappa shape index (κ3) is 4.90. The van der Waals surface area contributed by atoms with E-state index in [1.807, 2.05) is 24.3 Å². The van der Waals surface area contributed by atoms with E-state index in [1.54, 1.807) is 32.9 Å². The van der Waals surface area contributed by atoms with Gasteiger partial charge in [-0.3, -0.25) is 0 Å². The van der Waals surface area contributed by atoms with E-state index in [2.05, 4.69) is 0 Å².